The number of hydrogen-bond donors (Lipinski definition) is 0. The first kappa shape index (κ1) is 15.2. The van der Waals surface area contributed by atoms with Crippen LogP contribution >= 0.6 is 0 Å². The Labute approximate surface area is 124 Å². The Morgan fingerprint density at radius 3 is 2.71 bits per heavy atom. The standard InChI is InChI=1S/C16H20FN3O/c1-3-5-10-20(4-2)15-11-16(19-12-18-15)21-14-9-7-6-8-13(14)17/h6-9,11-12H,3-5,10H2,1-2H3. The number of halogens is 1. The number of nitrogens with zero attached hydrogens (tertiary/aromatic N) is 3. The highest BCUT2D eigenvalue weighted by molar-refractivity contribution is 5.41. The normalized spacial score (nSPS) is 10.4. The number of hydrogen-bond acceptors (Lipinski definition) is 4. The van der Waals surface area contributed by atoms with Crippen LogP contribution in [0.4, 0.5) is 10.2 Å². The molecule has 0 aliphatic rings. The Hall–Kier alpha value is -2.17. The fourth-order valence-corrected chi connectivity index (χ4v) is 1.98. The lowest BCUT2D eigenvalue weighted by Gasteiger charge is -2.21. The van der Waals surface area contributed by atoms with Crippen LogP contribution in [-0.2, 0) is 0 Å². The van der Waals surface area contributed by atoms with E-state index in [-0.39, 0.29) is 5.75 Å². The summed E-state index contributed by atoms with van der Waals surface area (Å²) in [6.07, 6.45) is 3.67. The summed E-state index contributed by atoms with van der Waals surface area (Å²) < 4.78 is 19.1. The van der Waals surface area contributed by atoms with E-state index in [1.54, 1.807) is 24.3 Å². The van der Waals surface area contributed by atoms with Gasteiger partial charge in [0.25, 0.3) is 0 Å². The van der Waals surface area contributed by atoms with Crippen molar-refractivity contribution >= 4 is 5.82 Å². The molecule has 0 atom stereocenters. The summed E-state index contributed by atoms with van der Waals surface area (Å²) in [5.41, 5.74) is 0. The van der Waals surface area contributed by atoms with Crippen molar-refractivity contribution in [2.24, 2.45) is 0 Å². The predicted octanol–water partition coefficient (Wildman–Crippen LogP) is 4.03. The average molecular weight is 289 g/mol. The quantitative estimate of drug-likeness (QED) is 0.771. The summed E-state index contributed by atoms with van der Waals surface area (Å²) in [5.74, 6) is 0.905. The van der Waals surface area contributed by atoms with Crippen LogP contribution in [0.25, 0.3) is 0 Å². The number of aromatic nitrogens is 2. The largest absolute Gasteiger partial charge is 0.436 e. The summed E-state index contributed by atoms with van der Waals surface area (Å²) >= 11 is 0. The van der Waals surface area contributed by atoms with E-state index in [2.05, 4.69) is 28.7 Å². The van der Waals surface area contributed by atoms with Crippen molar-refractivity contribution < 1.29 is 9.13 Å². The van der Waals surface area contributed by atoms with Crippen molar-refractivity contribution in [1.82, 2.24) is 9.97 Å². The third-order valence-electron chi connectivity index (χ3n) is 3.17. The highest BCUT2D eigenvalue weighted by atomic mass is 19.1. The third kappa shape index (κ3) is 4.15. The first-order valence-electron chi connectivity index (χ1n) is 7.24. The number of para-hydroxylation sites is 1. The molecule has 0 aliphatic carbocycles. The molecule has 0 fully saturated rings. The molecule has 112 valence electrons. The van der Waals surface area contributed by atoms with Gasteiger partial charge in [-0.3, -0.25) is 0 Å². The molecule has 2 rings (SSSR count). The van der Waals surface area contributed by atoms with Crippen LogP contribution in [0.5, 0.6) is 11.6 Å². The van der Waals surface area contributed by atoms with Gasteiger partial charge in [0.1, 0.15) is 12.1 Å². The van der Waals surface area contributed by atoms with E-state index in [0.717, 1.165) is 31.7 Å². The maximum atomic E-state index is 13.6. The Kier molecular flexibility index (Phi) is 5.49. The zero-order valence-corrected chi connectivity index (χ0v) is 12.4. The van der Waals surface area contributed by atoms with Gasteiger partial charge in [-0.05, 0) is 25.5 Å². The molecular weight excluding hydrogens is 269 g/mol. The molecule has 4 nitrogen and oxygen atoms in total. The molecule has 0 aliphatic heterocycles. The number of unbranched alkanes of at least 4 members (excludes halogenated alkanes) is 1. The van der Waals surface area contributed by atoms with Crippen molar-refractivity contribution in [3.63, 3.8) is 0 Å². The van der Waals surface area contributed by atoms with Crippen LogP contribution < -0.4 is 9.64 Å². The van der Waals surface area contributed by atoms with E-state index in [9.17, 15) is 4.39 Å². The minimum atomic E-state index is -0.406. The maximum absolute atomic E-state index is 13.6. The van der Waals surface area contributed by atoms with E-state index in [1.807, 2.05) is 0 Å². The van der Waals surface area contributed by atoms with E-state index >= 15 is 0 Å². The van der Waals surface area contributed by atoms with Crippen molar-refractivity contribution in [3.05, 3.63) is 42.5 Å². The minimum absolute atomic E-state index is 0.166. The second-order valence-electron chi connectivity index (χ2n) is 4.68. The molecule has 1 aromatic carbocycles. The van der Waals surface area contributed by atoms with Gasteiger partial charge in [-0.15, -0.1) is 0 Å². The van der Waals surface area contributed by atoms with E-state index < -0.39 is 5.82 Å². The van der Waals surface area contributed by atoms with Gasteiger partial charge in [-0.1, -0.05) is 25.5 Å². The van der Waals surface area contributed by atoms with Gasteiger partial charge in [0.2, 0.25) is 5.88 Å². The highest BCUT2D eigenvalue weighted by Gasteiger charge is 2.09. The summed E-state index contributed by atoms with van der Waals surface area (Å²) in [6, 6.07) is 8.02. The molecule has 0 radical (unpaired) electrons. The van der Waals surface area contributed by atoms with Gasteiger partial charge in [0, 0.05) is 19.2 Å². The third-order valence-corrected chi connectivity index (χ3v) is 3.17. The Morgan fingerprint density at radius 1 is 1.19 bits per heavy atom. The Balaban J connectivity index is 2.15. The number of ether oxygens (including phenoxy) is 1. The van der Waals surface area contributed by atoms with Crippen molar-refractivity contribution in [1.29, 1.82) is 0 Å². The molecule has 1 heterocycles. The van der Waals surface area contributed by atoms with Crippen LogP contribution in [0, 0.1) is 5.82 Å². The fraction of sp³-hybridized carbons (Fsp3) is 0.375. The second kappa shape index (κ2) is 7.57. The van der Waals surface area contributed by atoms with Crippen LogP contribution in [0.2, 0.25) is 0 Å². The first-order chi connectivity index (χ1) is 10.2. The number of anilines is 1. The molecular formula is C16H20FN3O. The molecule has 0 bridgehead atoms. The summed E-state index contributed by atoms with van der Waals surface area (Å²) in [7, 11) is 0. The lowest BCUT2D eigenvalue weighted by Crippen LogP contribution is -2.24. The van der Waals surface area contributed by atoms with E-state index in [4.69, 9.17) is 4.74 Å². The Bertz CT molecular complexity index is 577. The van der Waals surface area contributed by atoms with Crippen molar-refractivity contribution in [2.45, 2.75) is 26.7 Å². The number of benzene rings is 1. The summed E-state index contributed by atoms with van der Waals surface area (Å²) in [6.45, 7) is 6.02. The van der Waals surface area contributed by atoms with E-state index in [0.29, 0.717) is 5.88 Å². The van der Waals surface area contributed by atoms with Gasteiger partial charge in [0.05, 0.1) is 0 Å². The lowest BCUT2D eigenvalue weighted by molar-refractivity contribution is 0.426. The first-order valence-corrected chi connectivity index (χ1v) is 7.24. The SMILES string of the molecule is CCCCN(CC)c1cc(Oc2ccccc2F)ncn1. The van der Waals surface area contributed by atoms with E-state index in [1.165, 1.54) is 12.4 Å². The van der Waals surface area contributed by atoms with Gasteiger partial charge in [-0.25, -0.2) is 14.4 Å². The molecule has 5 heteroatoms. The van der Waals surface area contributed by atoms with Crippen LogP contribution in [0.15, 0.2) is 36.7 Å². The zero-order valence-electron chi connectivity index (χ0n) is 12.4. The molecule has 0 spiro atoms. The molecule has 0 saturated carbocycles. The molecule has 0 saturated heterocycles. The topological polar surface area (TPSA) is 38.2 Å². The molecule has 0 amide bonds. The van der Waals surface area contributed by atoms with Gasteiger partial charge < -0.3 is 9.64 Å². The van der Waals surface area contributed by atoms with Gasteiger partial charge in [-0.2, -0.15) is 0 Å². The molecule has 0 N–H and O–H groups in total. The van der Waals surface area contributed by atoms with Crippen LogP contribution in [0.1, 0.15) is 26.7 Å². The van der Waals surface area contributed by atoms with Gasteiger partial charge >= 0.3 is 0 Å². The predicted molar refractivity (Wildman–Crippen MR) is 81.3 cm³/mol. The van der Waals surface area contributed by atoms with Crippen LogP contribution in [-0.4, -0.2) is 23.1 Å². The molecule has 2 aromatic rings. The second-order valence-corrected chi connectivity index (χ2v) is 4.68. The molecule has 1 aromatic heterocycles. The minimum Gasteiger partial charge on any atom is -0.436 e. The van der Waals surface area contributed by atoms with Crippen molar-refractivity contribution in [2.75, 3.05) is 18.0 Å². The molecule has 21 heavy (non-hydrogen) atoms. The molecule has 0 unspecified atom stereocenters. The van der Waals surface area contributed by atoms with Crippen LogP contribution in [0.3, 0.4) is 0 Å². The average Bonchev–Trinajstić information content (AvgIpc) is 2.51. The van der Waals surface area contributed by atoms with Crippen molar-refractivity contribution in [3.8, 4) is 11.6 Å². The van der Waals surface area contributed by atoms with Gasteiger partial charge in [0.15, 0.2) is 11.6 Å². The summed E-state index contributed by atoms with van der Waals surface area (Å²) in [4.78, 5) is 10.5. The fourth-order valence-electron chi connectivity index (χ4n) is 1.98. The zero-order chi connectivity index (χ0) is 15.1. The smallest absolute Gasteiger partial charge is 0.224 e. The Morgan fingerprint density at radius 2 is 2.00 bits per heavy atom. The lowest BCUT2D eigenvalue weighted by atomic mass is 10.3. The monoisotopic (exact) mass is 289 g/mol. The highest BCUT2D eigenvalue weighted by Crippen LogP contribution is 2.24. The summed E-state index contributed by atoms with van der Waals surface area (Å²) in [5, 5.41) is 0. The maximum Gasteiger partial charge on any atom is 0.224 e. The number of rotatable bonds is 7.